The number of nitrogens with zero attached hydrogens (tertiary/aromatic N) is 3. The number of anilines is 3. The van der Waals surface area contributed by atoms with Gasteiger partial charge in [0.15, 0.2) is 0 Å². The van der Waals surface area contributed by atoms with Crippen LogP contribution in [0.3, 0.4) is 0 Å². The van der Waals surface area contributed by atoms with E-state index in [0.29, 0.717) is 21.7 Å². The van der Waals surface area contributed by atoms with Crippen molar-refractivity contribution in [1.29, 1.82) is 0 Å². The number of benzene rings is 2. The minimum atomic E-state index is 0.528. The molecule has 1 aliphatic rings. The molecule has 0 atom stereocenters. The molecule has 1 aliphatic heterocycles. The van der Waals surface area contributed by atoms with Gasteiger partial charge in [0.05, 0.1) is 16.2 Å². The van der Waals surface area contributed by atoms with Crippen molar-refractivity contribution >= 4 is 51.6 Å². The van der Waals surface area contributed by atoms with Crippen molar-refractivity contribution in [3.63, 3.8) is 0 Å². The normalized spacial score (nSPS) is 14.3. The molecule has 1 N–H and O–H groups in total. The first-order chi connectivity index (χ1) is 11.7. The van der Waals surface area contributed by atoms with Crippen LogP contribution in [0.1, 0.15) is 12.8 Å². The number of rotatable bonds is 3. The predicted octanol–water partition coefficient (Wildman–Crippen LogP) is 5.28. The van der Waals surface area contributed by atoms with Crippen molar-refractivity contribution in [2.75, 3.05) is 23.3 Å². The minimum absolute atomic E-state index is 0.528. The monoisotopic (exact) mass is 358 g/mol. The zero-order valence-electron chi connectivity index (χ0n) is 13.0. The molecule has 0 unspecified atom stereocenters. The Hall–Kier alpha value is -2.04. The second-order valence-corrected chi connectivity index (χ2v) is 6.67. The van der Waals surface area contributed by atoms with E-state index >= 15 is 0 Å². The van der Waals surface area contributed by atoms with Crippen LogP contribution < -0.4 is 10.2 Å². The van der Waals surface area contributed by atoms with Crippen molar-refractivity contribution in [2.24, 2.45) is 0 Å². The van der Waals surface area contributed by atoms with Crippen molar-refractivity contribution < 1.29 is 0 Å². The fourth-order valence-electron chi connectivity index (χ4n) is 3.00. The number of hydrogen-bond acceptors (Lipinski definition) is 4. The minimum Gasteiger partial charge on any atom is -0.356 e. The molecule has 0 amide bonds. The van der Waals surface area contributed by atoms with Crippen LogP contribution in [0.5, 0.6) is 0 Å². The molecule has 1 fully saturated rings. The number of para-hydroxylation sites is 1. The highest BCUT2D eigenvalue weighted by Gasteiger charge is 2.18. The molecule has 0 radical (unpaired) electrons. The predicted molar refractivity (Wildman–Crippen MR) is 101 cm³/mol. The van der Waals surface area contributed by atoms with Gasteiger partial charge in [0.25, 0.3) is 0 Å². The van der Waals surface area contributed by atoms with Crippen LogP contribution in [0.2, 0.25) is 10.0 Å². The van der Waals surface area contributed by atoms with E-state index in [1.54, 1.807) is 18.2 Å². The first-order valence-electron chi connectivity index (χ1n) is 7.94. The van der Waals surface area contributed by atoms with Gasteiger partial charge in [-0.3, -0.25) is 0 Å². The van der Waals surface area contributed by atoms with Crippen LogP contribution in [0, 0.1) is 0 Å². The molecule has 4 rings (SSSR count). The Morgan fingerprint density at radius 1 is 0.958 bits per heavy atom. The lowest BCUT2D eigenvalue weighted by Crippen LogP contribution is -2.20. The zero-order valence-corrected chi connectivity index (χ0v) is 14.5. The Bertz CT molecular complexity index is 891. The number of hydrogen-bond donors (Lipinski definition) is 1. The summed E-state index contributed by atoms with van der Waals surface area (Å²) in [4.78, 5) is 11.7. The fraction of sp³-hybridized carbons (Fsp3) is 0.222. The molecule has 1 saturated heterocycles. The maximum absolute atomic E-state index is 6.24. The average molecular weight is 359 g/mol. The Balaban J connectivity index is 1.79. The summed E-state index contributed by atoms with van der Waals surface area (Å²) in [6.45, 7) is 2.05. The van der Waals surface area contributed by atoms with Crippen molar-refractivity contribution in [3.8, 4) is 0 Å². The third-order valence-corrected chi connectivity index (χ3v) is 4.73. The molecule has 6 heteroatoms. The molecule has 0 bridgehead atoms. The van der Waals surface area contributed by atoms with E-state index in [-0.39, 0.29) is 0 Å². The summed E-state index contributed by atoms with van der Waals surface area (Å²) in [5.41, 5.74) is 1.61. The lowest BCUT2D eigenvalue weighted by atomic mass is 10.2. The summed E-state index contributed by atoms with van der Waals surface area (Å²) in [5.74, 6) is 1.50. The summed E-state index contributed by atoms with van der Waals surface area (Å²) in [5, 5.41) is 5.47. The SMILES string of the molecule is Clc1ccc(Cl)c(Nc2nc(N3CCCC3)c3ccccc3n2)c1. The van der Waals surface area contributed by atoms with Crippen LogP contribution in [-0.4, -0.2) is 23.1 Å². The number of halogens is 2. The third-order valence-electron chi connectivity index (χ3n) is 4.16. The third kappa shape index (κ3) is 2.99. The maximum atomic E-state index is 6.24. The number of aromatic nitrogens is 2. The Morgan fingerprint density at radius 2 is 1.75 bits per heavy atom. The van der Waals surface area contributed by atoms with E-state index < -0.39 is 0 Å². The van der Waals surface area contributed by atoms with E-state index in [0.717, 1.165) is 29.8 Å². The van der Waals surface area contributed by atoms with Gasteiger partial charge in [0.1, 0.15) is 5.82 Å². The molecule has 1 aromatic heterocycles. The Kier molecular flexibility index (Phi) is 4.17. The molecule has 24 heavy (non-hydrogen) atoms. The highest BCUT2D eigenvalue weighted by molar-refractivity contribution is 6.35. The largest absolute Gasteiger partial charge is 0.356 e. The fourth-order valence-corrected chi connectivity index (χ4v) is 3.34. The van der Waals surface area contributed by atoms with E-state index in [4.69, 9.17) is 28.2 Å². The second kappa shape index (κ2) is 6.46. The first kappa shape index (κ1) is 15.5. The maximum Gasteiger partial charge on any atom is 0.229 e. The lowest BCUT2D eigenvalue weighted by molar-refractivity contribution is 0.941. The van der Waals surface area contributed by atoms with Crippen LogP contribution >= 0.6 is 23.2 Å². The first-order valence-corrected chi connectivity index (χ1v) is 8.70. The summed E-state index contributed by atoms with van der Waals surface area (Å²) < 4.78 is 0. The van der Waals surface area contributed by atoms with E-state index in [9.17, 15) is 0 Å². The van der Waals surface area contributed by atoms with Gasteiger partial charge in [-0.2, -0.15) is 4.98 Å². The van der Waals surface area contributed by atoms with Gasteiger partial charge in [0.2, 0.25) is 5.95 Å². The smallest absolute Gasteiger partial charge is 0.229 e. The van der Waals surface area contributed by atoms with Gasteiger partial charge in [-0.05, 0) is 43.2 Å². The molecular weight excluding hydrogens is 343 g/mol. The van der Waals surface area contributed by atoms with Gasteiger partial charge in [-0.15, -0.1) is 0 Å². The van der Waals surface area contributed by atoms with E-state index in [1.807, 2.05) is 18.2 Å². The van der Waals surface area contributed by atoms with Crippen LogP contribution in [0.4, 0.5) is 17.5 Å². The molecule has 4 nitrogen and oxygen atoms in total. The lowest BCUT2D eigenvalue weighted by Gasteiger charge is -2.19. The van der Waals surface area contributed by atoms with Crippen molar-refractivity contribution in [3.05, 3.63) is 52.5 Å². The summed E-state index contributed by atoms with van der Waals surface area (Å²) in [6.07, 6.45) is 2.39. The van der Waals surface area contributed by atoms with Gasteiger partial charge in [-0.1, -0.05) is 35.3 Å². The van der Waals surface area contributed by atoms with Gasteiger partial charge < -0.3 is 10.2 Å². The molecule has 3 aromatic rings. The van der Waals surface area contributed by atoms with Crippen LogP contribution in [0.25, 0.3) is 10.9 Å². The molecular formula is C18H16Cl2N4. The average Bonchev–Trinajstić information content (AvgIpc) is 3.12. The summed E-state index contributed by atoms with van der Waals surface area (Å²) in [6, 6.07) is 13.4. The molecule has 0 saturated carbocycles. The molecule has 122 valence electrons. The summed E-state index contributed by atoms with van der Waals surface area (Å²) in [7, 11) is 0. The van der Waals surface area contributed by atoms with E-state index in [1.165, 1.54) is 12.8 Å². The van der Waals surface area contributed by atoms with Crippen molar-refractivity contribution in [2.45, 2.75) is 12.8 Å². The highest BCUT2D eigenvalue weighted by atomic mass is 35.5. The molecule has 2 heterocycles. The van der Waals surface area contributed by atoms with E-state index in [2.05, 4.69) is 21.3 Å². The van der Waals surface area contributed by atoms with Crippen molar-refractivity contribution in [1.82, 2.24) is 9.97 Å². The number of fused-ring (bicyclic) bond motifs is 1. The molecule has 0 aliphatic carbocycles. The standard InChI is InChI=1S/C18H16Cl2N4/c19-12-7-8-14(20)16(11-12)22-18-21-15-6-2-1-5-13(15)17(23-18)24-9-3-4-10-24/h1-2,5-8,11H,3-4,9-10H2,(H,21,22,23). The summed E-state index contributed by atoms with van der Waals surface area (Å²) >= 11 is 12.3. The van der Waals surface area contributed by atoms with Gasteiger partial charge in [-0.25, -0.2) is 4.98 Å². The number of nitrogens with one attached hydrogen (secondary N) is 1. The molecule has 2 aromatic carbocycles. The van der Waals surface area contributed by atoms with Crippen LogP contribution in [-0.2, 0) is 0 Å². The Labute approximate surface area is 150 Å². The molecule has 0 spiro atoms. The quantitative estimate of drug-likeness (QED) is 0.691. The topological polar surface area (TPSA) is 41.1 Å². The van der Waals surface area contributed by atoms with Gasteiger partial charge >= 0.3 is 0 Å². The highest BCUT2D eigenvalue weighted by Crippen LogP contribution is 2.31. The second-order valence-electron chi connectivity index (χ2n) is 5.83. The van der Waals surface area contributed by atoms with Gasteiger partial charge in [0, 0.05) is 23.5 Å². The Morgan fingerprint density at radius 3 is 2.58 bits per heavy atom. The van der Waals surface area contributed by atoms with Crippen LogP contribution in [0.15, 0.2) is 42.5 Å². The zero-order chi connectivity index (χ0) is 16.5.